The van der Waals surface area contributed by atoms with E-state index in [0.717, 1.165) is 64.4 Å². The lowest BCUT2D eigenvalue weighted by atomic mass is 10.2. The molecule has 0 saturated carbocycles. The summed E-state index contributed by atoms with van der Waals surface area (Å²) >= 11 is 0. The minimum atomic E-state index is -0.00177. The first kappa shape index (κ1) is 18.0. The standard InChI is InChI=1S/C20H26N4O3/c25-19(16-12-18(21-13-16)20(26)24-5-1-2-6-24)15-23-9-7-22(8-10-23)14-17-4-3-11-27-17/h3-4,11-13,21H,1-2,5-10,14-15H2. The van der Waals surface area contributed by atoms with Gasteiger partial charge >= 0.3 is 0 Å². The number of furan rings is 1. The Kier molecular flexibility index (Phi) is 5.40. The third kappa shape index (κ3) is 4.31. The number of carbonyl (C=O) groups is 2. The molecule has 2 aromatic heterocycles. The molecule has 0 spiro atoms. The number of carbonyl (C=O) groups excluding carboxylic acids is 2. The third-order valence-electron chi connectivity index (χ3n) is 5.42. The van der Waals surface area contributed by atoms with E-state index in [9.17, 15) is 9.59 Å². The summed E-state index contributed by atoms with van der Waals surface area (Å²) in [5.41, 5.74) is 1.11. The van der Waals surface area contributed by atoms with Gasteiger partial charge in [-0.1, -0.05) is 0 Å². The molecule has 0 bridgehead atoms. The van der Waals surface area contributed by atoms with E-state index in [2.05, 4.69) is 14.8 Å². The molecule has 2 saturated heterocycles. The largest absolute Gasteiger partial charge is 0.468 e. The second kappa shape index (κ2) is 8.10. The average Bonchev–Trinajstić information content (AvgIpc) is 3.45. The zero-order valence-corrected chi connectivity index (χ0v) is 15.5. The summed E-state index contributed by atoms with van der Waals surface area (Å²) in [6, 6.07) is 5.60. The molecule has 1 N–H and O–H groups in total. The highest BCUT2D eigenvalue weighted by atomic mass is 16.3. The van der Waals surface area contributed by atoms with Crippen LogP contribution in [0.1, 0.15) is 39.4 Å². The van der Waals surface area contributed by atoms with E-state index in [-0.39, 0.29) is 11.7 Å². The van der Waals surface area contributed by atoms with E-state index in [1.54, 1.807) is 18.5 Å². The Balaban J connectivity index is 1.26. The lowest BCUT2D eigenvalue weighted by Gasteiger charge is -2.33. The van der Waals surface area contributed by atoms with Gasteiger partial charge in [-0.25, -0.2) is 0 Å². The number of aromatic nitrogens is 1. The number of hydrogen-bond donors (Lipinski definition) is 1. The van der Waals surface area contributed by atoms with Crippen molar-refractivity contribution in [3.8, 4) is 0 Å². The fraction of sp³-hybridized carbons (Fsp3) is 0.500. The van der Waals surface area contributed by atoms with Gasteiger partial charge in [0.1, 0.15) is 11.5 Å². The summed E-state index contributed by atoms with van der Waals surface area (Å²) in [4.78, 5) is 34.3. The summed E-state index contributed by atoms with van der Waals surface area (Å²) in [5, 5.41) is 0. The van der Waals surface area contributed by atoms with Crippen molar-refractivity contribution < 1.29 is 14.0 Å². The topological polar surface area (TPSA) is 72.8 Å². The van der Waals surface area contributed by atoms with Crippen LogP contribution in [-0.2, 0) is 6.54 Å². The van der Waals surface area contributed by atoms with Gasteiger partial charge in [0.25, 0.3) is 5.91 Å². The quantitative estimate of drug-likeness (QED) is 0.786. The van der Waals surface area contributed by atoms with E-state index in [4.69, 9.17) is 4.42 Å². The van der Waals surface area contributed by atoms with Crippen molar-refractivity contribution in [2.24, 2.45) is 0 Å². The Bertz CT molecular complexity index is 769. The second-order valence-corrected chi connectivity index (χ2v) is 7.36. The minimum absolute atomic E-state index is 0.00177. The van der Waals surface area contributed by atoms with Crippen LogP contribution in [-0.4, -0.2) is 77.2 Å². The highest BCUT2D eigenvalue weighted by Crippen LogP contribution is 2.14. The van der Waals surface area contributed by atoms with Crippen molar-refractivity contribution in [1.82, 2.24) is 19.7 Å². The van der Waals surface area contributed by atoms with Gasteiger partial charge in [0.2, 0.25) is 0 Å². The van der Waals surface area contributed by atoms with Crippen molar-refractivity contribution in [2.75, 3.05) is 45.8 Å². The Morgan fingerprint density at radius 2 is 1.78 bits per heavy atom. The van der Waals surface area contributed by atoms with E-state index in [1.165, 1.54) is 0 Å². The minimum Gasteiger partial charge on any atom is -0.468 e. The van der Waals surface area contributed by atoms with Gasteiger partial charge in [0.15, 0.2) is 5.78 Å². The van der Waals surface area contributed by atoms with Crippen LogP contribution in [0.4, 0.5) is 0 Å². The number of ketones is 1. The summed E-state index contributed by atoms with van der Waals surface area (Å²) < 4.78 is 5.40. The number of piperazine rings is 1. The van der Waals surface area contributed by atoms with Crippen molar-refractivity contribution in [2.45, 2.75) is 19.4 Å². The van der Waals surface area contributed by atoms with Gasteiger partial charge < -0.3 is 14.3 Å². The van der Waals surface area contributed by atoms with Gasteiger partial charge in [0.05, 0.1) is 19.4 Å². The maximum absolute atomic E-state index is 12.6. The van der Waals surface area contributed by atoms with Crippen LogP contribution >= 0.6 is 0 Å². The molecule has 0 unspecified atom stereocenters. The lowest BCUT2D eigenvalue weighted by molar-refractivity contribution is 0.0787. The maximum Gasteiger partial charge on any atom is 0.270 e. The number of H-pyrrole nitrogens is 1. The number of amides is 1. The first-order chi connectivity index (χ1) is 13.2. The molecular formula is C20H26N4O3. The van der Waals surface area contributed by atoms with Gasteiger partial charge in [-0.2, -0.15) is 0 Å². The van der Waals surface area contributed by atoms with Crippen LogP contribution < -0.4 is 0 Å². The van der Waals surface area contributed by atoms with Crippen molar-refractivity contribution in [3.63, 3.8) is 0 Å². The molecule has 7 heteroatoms. The highest BCUT2D eigenvalue weighted by Gasteiger charge is 2.23. The zero-order chi connectivity index (χ0) is 18.6. The molecule has 27 heavy (non-hydrogen) atoms. The van der Waals surface area contributed by atoms with Crippen LogP contribution in [0.15, 0.2) is 35.1 Å². The first-order valence-corrected chi connectivity index (χ1v) is 9.67. The fourth-order valence-corrected chi connectivity index (χ4v) is 3.79. The van der Waals surface area contributed by atoms with Crippen LogP contribution in [0.3, 0.4) is 0 Å². The average molecular weight is 370 g/mol. The summed E-state index contributed by atoms with van der Waals surface area (Å²) in [6.45, 7) is 6.37. The fourth-order valence-electron chi connectivity index (χ4n) is 3.79. The zero-order valence-electron chi connectivity index (χ0n) is 15.5. The summed E-state index contributed by atoms with van der Waals surface area (Å²) in [7, 11) is 0. The van der Waals surface area contributed by atoms with Crippen LogP contribution in [0, 0.1) is 0 Å². The summed E-state index contributed by atoms with van der Waals surface area (Å²) in [5.74, 6) is 1.03. The Hall–Kier alpha value is -2.38. The Morgan fingerprint density at radius 3 is 2.48 bits per heavy atom. The smallest absolute Gasteiger partial charge is 0.270 e. The number of likely N-dealkylation sites (tertiary alicyclic amines) is 1. The molecule has 7 nitrogen and oxygen atoms in total. The van der Waals surface area contributed by atoms with Gasteiger partial charge in [-0.3, -0.25) is 19.4 Å². The van der Waals surface area contributed by atoms with E-state index >= 15 is 0 Å². The molecular weight excluding hydrogens is 344 g/mol. The van der Waals surface area contributed by atoms with Gasteiger partial charge in [-0.15, -0.1) is 0 Å². The molecule has 2 fully saturated rings. The highest BCUT2D eigenvalue weighted by molar-refractivity contribution is 6.01. The van der Waals surface area contributed by atoms with E-state index in [1.807, 2.05) is 17.0 Å². The maximum atomic E-state index is 12.6. The Labute approximate surface area is 158 Å². The van der Waals surface area contributed by atoms with Crippen LogP contribution in [0.2, 0.25) is 0 Å². The molecule has 1 amide bonds. The van der Waals surface area contributed by atoms with Gasteiger partial charge in [0, 0.05) is 51.0 Å². The molecule has 0 aliphatic carbocycles. The molecule has 144 valence electrons. The lowest BCUT2D eigenvalue weighted by Crippen LogP contribution is -2.47. The molecule has 0 radical (unpaired) electrons. The number of aromatic amines is 1. The second-order valence-electron chi connectivity index (χ2n) is 7.36. The molecule has 2 aliphatic rings. The predicted molar refractivity (Wildman–Crippen MR) is 101 cm³/mol. The van der Waals surface area contributed by atoms with Gasteiger partial charge in [-0.05, 0) is 31.0 Å². The van der Waals surface area contributed by atoms with Crippen molar-refractivity contribution in [3.05, 3.63) is 47.7 Å². The molecule has 0 aromatic carbocycles. The van der Waals surface area contributed by atoms with Crippen molar-refractivity contribution >= 4 is 11.7 Å². The number of rotatable bonds is 6. The molecule has 4 heterocycles. The number of Topliss-reactive ketones (excluding diaryl/α,β-unsaturated/α-hetero) is 1. The Morgan fingerprint density at radius 1 is 1.04 bits per heavy atom. The molecule has 4 rings (SSSR count). The SMILES string of the molecule is O=C(CN1CCN(Cc2ccco2)CC1)c1c[nH]c(C(=O)N2CCCC2)c1. The van der Waals surface area contributed by atoms with E-state index in [0.29, 0.717) is 17.8 Å². The number of nitrogens with one attached hydrogen (secondary N) is 1. The summed E-state index contributed by atoms with van der Waals surface area (Å²) in [6.07, 6.45) is 5.48. The van der Waals surface area contributed by atoms with Crippen molar-refractivity contribution in [1.29, 1.82) is 0 Å². The molecule has 0 atom stereocenters. The first-order valence-electron chi connectivity index (χ1n) is 9.67. The molecule has 2 aliphatic heterocycles. The van der Waals surface area contributed by atoms with Crippen LogP contribution in [0.25, 0.3) is 0 Å². The van der Waals surface area contributed by atoms with Crippen LogP contribution in [0.5, 0.6) is 0 Å². The third-order valence-corrected chi connectivity index (χ3v) is 5.42. The van der Waals surface area contributed by atoms with E-state index < -0.39 is 0 Å². The number of nitrogens with zero attached hydrogens (tertiary/aromatic N) is 3. The molecule has 2 aromatic rings. The predicted octanol–water partition coefficient (Wildman–Crippen LogP) is 1.84. The monoisotopic (exact) mass is 370 g/mol. The normalized spacial score (nSPS) is 18.9. The number of hydrogen-bond acceptors (Lipinski definition) is 5.